The first-order chi connectivity index (χ1) is 15.3. The van der Waals surface area contributed by atoms with E-state index in [9.17, 15) is 0 Å². The molecule has 0 aliphatic carbocycles. The molecule has 2 aromatic carbocycles. The van der Waals surface area contributed by atoms with Gasteiger partial charge >= 0.3 is 0 Å². The molecule has 4 rings (SSSR count). The molecule has 4 heteroatoms. The van der Waals surface area contributed by atoms with Crippen molar-refractivity contribution in [3.8, 4) is 0 Å². The van der Waals surface area contributed by atoms with E-state index < -0.39 is 0 Å². The minimum absolute atomic E-state index is 0.954. The fraction of sp³-hybridized carbons (Fsp3) is 0.481. The quantitative estimate of drug-likeness (QED) is 0.234. The van der Waals surface area contributed by atoms with E-state index in [1.807, 2.05) is 6.07 Å². The van der Waals surface area contributed by atoms with Gasteiger partial charge in [-0.25, -0.2) is 9.97 Å². The van der Waals surface area contributed by atoms with E-state index in [2.05, 4.69) is 58.9 Å². The van der Waals surface area contributed by atoms with E-state index in [0.29, 0.717) is 0 Å². The van der Waals surface area contributed by atoms with Crippen molar-refractivity contribution in [3.63, 3.8) is 0 Å². The van der Waals surface area contributed by atoms with Crippen LogP contribution in [0.25, 0.3) is 22.1 Å². The molecule has 164 valence electrons. The summed E-state index contributed by atoms with van der Waals surface area (Å²) in [6.07, 6.45) is 13.8. The molecule has 2 heterocycles. The monoisotopic (exact) mass is 416 g/mol. The summed E-state index contributed by atoms with van der Waals surface area (Å²) in [6.45, 7) is 3.36. The highest BCUT2D eigenvalue weighted by Crippen LogP contribution is 2.20. The largest absolute Gasteiger partial charge is 0.342 e. The van der Waals surface area contributed by atoms with Crippen molar-refractivity contribution < 1.29 is 0 Å². The topological polar surface area (TPSA) is 46.5 Å². The number of nitrogens with one attached hydrogen (secondary N) is 1. The number of unbranched alkanes of at least 4 members (excludes halogenated alkanes) is 7. The number of aryl methyl sites for hydroxylation is 3. The van der Waals surface area contributed by atoms with Gasteiger partial charge in [-0.3, -0.25) is 0 Å². The zero-order chi connectivity index (χ0) is 21.3. The maximum atomic E-state index is 4.97. The lowest BCUT2D eigenvalue weighted by Crippen LogP contribution is -2.05. The molecule has 0 saturated carbocycles. The van der Waals surface area contributed by atoms with Gasteiger partial charge in [-0.2, -0.15) is 0 Å². The lowest BCUT2D eigenvalue weighted by molar-refractivity contribution is 0.538. The molecular weight excluding hydrogens is 380 g/mol. The number of nitrogens with zero attached hydrogens (tertiary/aromatic N) is 3. The average molecular weight is 417 g/mol. The minimum Gasteiger partial charge on any atom is -0.342 e. The second-order valence-corrected chi connectivity index (χ2v) is 8.70. The van der Waals surface area contributed by atoms with Crippen LogP contribution in [0.5, 0.6) is 0 Å². The first-order valence-corrected chi connectivity index (χ1v) is 12.2. The van der Waals surface area contributed by atoms with E-state index in [0.717, 1.165) is 48.2 Å². The molecule has 0 aliphatic rings. The minimum atomic E-state index is 0.954. The zero-order valence-electron chi connectivity index (χ0n) is 18.9. The number of rotatable bonds is 13. The zero-order valence-corrected chi connectivity index (χ0v) is 18.9. The van der Waals surface area contributed by atoms with Gasteiger partial charge in [-0.05, 0) is 37.1 Å². The summed E-state index contributed by atoms with van der Waals surface area (Å²) in [5.74, 6) is 2.30. The lowest BCUT2D eigenvalue weighted by atomic mass is 10.1. The fourth-order valence-corrected chi connectivity index (χ4v) is 4.51. The van der Waals surface area contributed by atoms with Gasteiger partial charge in [0.1, 0.15) is 11.6 Å². The van der Waals surface area contributed by atoms with Crippen LogP contribution in [0.3, 0.4) is 0 Å². The van der Waals surface area contributed by atoms with Gasteiger partial charge in [0.25, 0.3) is 0 Å². The Balaban J connectivity index is 1.32. The lowest BCUT2D eigenvalue weighted by Gasteiger charge is -2.09. The number of imidazole rings is 2. The van der Waals surface area contributed by atoms with Crippen molar-refractivity contribution in [2.45, 2.75) is 84.1 Å². The number of para-hydroxylation sites is 4. The molecule has 0 amide bonds. The van der Waals surface area contributed by atoms with Gasteiger partial charge in [0.2, 0.25) is 0 Å². The van der Waals surface area contributed by atoms with Gasteiger partial charge in [0.15, 0.2) is 0 Å². The third-order valence-corrected chi connectivity index (χ3v) is 6.22. The summed E-state index contributed by atoms with van der Waals surface area (Å²) in [6, 6.07) is 16.8. The van der Waals surface area contributed by atoms with Crippen LogP contribution in [0.2, 0.25) is 0 Å². The second-order valence-electron chi connectivity index (χ2n) is 8.70. The first kappa shape index (κ1) is 21.6. The van der Waals surface area contributed by atoms with Crippen LogP contribution < -0.4 is 0 Å². The Labute approximate surface area is 186 Å². The van der Waals surface area contributed by atoms with Crippen LogP contribution in [0.1, 0.15) is 76.4 Å². The summed E-state index contributed by atoms with van der Waals surface area (Å²) < 4.78 is 2.46. The van der Waals surface area contributed by atoms with Crippen LogP contribution >= 0.6 is 0 Å². The Bertz CT molecular complexity index is 1040. The van der Waals surface area contributed by atoms with Crippen molar-refractivity contribution in [1.82, 2.24) is 19.5 Å². The smallest absolute Gasteiger partial charge is 0.109 e. The van der Waals surface area contributed by atoms with Crippen LogP contribution in [-0.4, -0.2) is 19.5 Å². The summed E-state index contributed by atoms with van der Waals surface area (Å²) in [5, 5.41) is 0. The van der Waals surface area contributed by atoms with E-state index in [1.54, 1.807) is 0 Å². The van der Waals surface area contributed by atoms with Gasteiger partial charge in [0.05, 0.1) is 22.1 Å². The molecule has 0 saturated heterocycles. The van der Waals surface area contributed by atoms with Gasteiger partial charge in [-0.15, -0.1) is 0 Å². The highest BCUT2D eigenvalue weighted by atomic mass is 15.1. The highest BCUT2D eigenvalue weighted by Gasteiger charge is 2.11. The molecule has 0 unspecified atom stereocenters. The maximum absolute atomic E-state index is 4.97. The normalized spacial score (nSPS) is 11.6. The summed E-state index contributed by atoms with van der Waals surface area (Å²) in [5.41, 5.74) is 4.59. The SMILES string of the molecule is CCCCCCCCCCn1c(CCCc2nc3ccccc3[nH]2)nc2ccccc21. The Morgan fingerprint density at radius 3 is 2.23 bits per heavy atom. The number of H-pyrrole nitrogens is 1. The number of aromatic amines is 1. The molecule has 0 atom stereocenters. The van der Waals surface area contributed by atoms with Crippen molar-refractivity contribution in [2.24, 2.45) is 0 Å². The Hall–Kier alpha value is -2.62. The molecule has 0 bridgehead atoms. The number of fused-ring (bicyclic) bond motifs is 2. The number of hydrogen-bond donors (Lipinski definition) is 1. The predicted octanol–water partition coefficient (Wildman–Crippen LogP) is 7.23. The molecule has 0 fully saturated rings. The Morgan fingerprint density at radius 2 is 1.42 bits per heavy atom. The van der Waals surface area contributed by atoms with Crippen LogP contribution in [0.15, 0.2) is 48.5 Å². The van der Waals surface area contributed by atoms with Crippen LogP contribution in [0.4, 0.5) is 0 Å². The summed E-state index contributed by atoms with van der Waals surface area (Å²) in [7, 11) is 0. The Kier molecular flexibility index (Phi) is 7.76. The molecule has 0 aliphatic heterocycles. The summed E-state index contributed by atoms with van der Waals surface area (Å²) in [4.78, 5) is 13.1. The molecule has 0 radical (unpaired) electrons. The van der Waals surface area contributed by atoms with E-state index in [-0.39, 0.29) is 0 Å². The highest BCUT2D eigenvalue weighted by molar-refractivity contribution is 5.76. The number of hydrogen-bond acceptors (Lipinski definition) is 2. The van der Waals surface area contributed by atoms with Crippen molar-refractivity contribution in [2.75, 3.05) is 0 Å². The van der Waals surface area contributed by atoms with Crippen molar-refractivity contribution >= 4 is 22.1 Å². The van der Waals surface area contributed by atoms with Crippen LogP contribution in [0, 0.1) is 0 Å². The third-order valence-electron chi connectivity index (χ3n) is 6.22. The van der Waals surface area contributed by atoms with E-state index in [4.69, 9.17) is 9.97 Å². The number of aromatic nitrogens is 4. The predicted molar refractivity (Wildman–Crippen MR) is 130 cm³/mol. The molecule has 4 nitrogen and oxygen atoms in total. The summed E-state index contributed by atoms with van der Waals surface area (Å²) >= 11 is 0. The first-order valence-electron chi connectivity index (χ1n) is 12.2. The maximum Gasteiger partial charge on any atom is 0.109 e. The number of benzene rings is 2. The average Bonchev–Trinajstić information content (AvgIpc) is 3.36. The molecule has 0 spiro atoms. The van der Waals surface area contributed by atoms with Gasteiger partial charge in [-0.1, -0.05) is 76.1 Å². The van der Waals surface area contributed by atoms with Crippen molar-refractivity contribution in [1.29, 1.82) is 0 Å². The fourth-order valence-electron chi connectivity index (χ4n) is 4.51. The van der Waals surface area contributed by atoms with Gasteiger partial charge in [0, 0.05) is 19.4 Å². The van der Waals surface area contributed by atoms with E-state index in [1.165, 1.54) is 62.7 Å². The molecule has 1 N–H and O–H groups in total. The Morgan fingerprint density at radius 1 is 0.710 bits per heavy atom. The standard InChI is InChI=1S/C27H36N4/c1-2-3-4-5-6-7-8-13-21-31-25-18-12-11-17-24(25)30-27(31)20-14-19-26-28-22-15-9-10-16-23(22)29-26/h9-12,15-18H,2-8,13-14,19-21H2,1H3,(H,28,29). The second kappa shape index (κ2) is 11.1. The third kappa shape index (κ3) is 5.75. The molecule has 31 heavy (non-hydrogen) atoms. The van der Waals surface area contributed by atoms with Crippen LogP contribution in [-0.2, 0) is 19.4 Å². The molecule has 4 aromatic rings. The van der Waals surface area contributed by atoms with Crippen molar-refractivity contribution in [3.05, 3.63) is 60.2 Å². The van der Waals surface area contributed by atoms with E-state index >= 15 is 0 Å². The molecular formula is C27H36N4. The van der Waals surface area contributed by atoms with Gasteiger partial charge < -0.3 is 9.55 Å². The molecule has 2 aromatic heterocycles.